The van der Waals surface area contributed by atoms with Gasteiger partial charge in [0.15, 0.2) is 0 Å². The standard InChI is InChI=1S/C13H21N3O3S/c1-10-5-4-6-12(15-10)9-11(2)16-13(17)7-8-14-20(3,18)19/h4-6,11,14H,7-9H2,1-3H3,(H,16,17)/t11-/m1/s1. The number of carbonyl (C=O) groups excluding carboxylic acids is 1. The molecule has 0 aliphatic carbocycles. The Morgan fingerprint density at radius 2 is 2.10 bits per heavy atom. The topological polar surface area (TPSA) is 88.2 Å². The minimum absolute atomic E-state index is 0.0463. The van der Waals surface area contributed by atoms with Crippen LogP contribution in [-0.2, 0) is 21.2 Å². The highest BCUT2D eigenvalue weighted by Crippen LogP contribution is 2.02. The molecule has 2 N–H and O–H groups in total. The maximum absolute atomic E-state index is 11.6. The quantitative estimate of drug-likeness (QED) is 0.761. The Balaban J connectivity index is 2.35. The normalized spacial score (nSPS) is 12.9. The lowest BCUT2D eigenvalue weighted by Gasteiger charge is -2.13. The van der Waals surface area contributed by atoms with E-state index in [4.69, 9.17) is 0 Å². The van der Waals surface area contributed by atoms with Crippen molar-refractivity contribution in [2.45, 2.75) is 32.7 Å². The summed E-state index contributed by atoms with van der Waals surface area (Å²) in [6, 6.07) is 5.72. The molecule has 112 valence electrons. The molecule has 0 saturated heterocycles. The van der Waals surface area contributed by atoms with Crippen molar-refractivity contribution in [2.75, 3.05) is 12.8 Å². The fourth-order valence-electron chi connectivity index (χ4n) is 1.77. The summed E-state index contributed by atoms with van der Waals surface area (Å²) in [4.78, 5) is 16.0. The number of pyridine rings is 1. The third kappa shape index (κ3) is 7.20. The first-order valence-corrected chi connectivity index (χ1v) is 8.32. The molecule has 1 amide bonds. The molecule has 0 bridgehead atoms. The van der Waals surface area contributed by atoms with Crippen LogP contribution in [-0.4, -0.2) is 38.2 Å². The third-order valence-electron chi connectivity index (χ3n) is 2.59. The monoisotopic (exact) mass is 299 g/mol. The maximum atomic E-state index is 11.6. The SMILES string of the molecule is Cc1cccc(C[C@@H](C)NC(=O)CCNS(C)(=O)=O)n1. The van der Waals surface area contributed by atoms with Gasteiger partial charge in [0, 0.05) is 36.8 Å². The number of nitrogens with zero attached hydrogens (tertiary/aromatic N) is 1. The van der Waals surface area contributed by atoms with E-state index in [-0.39, 0.29) is 24.9 Å². The van der Waals surface area contributed by atoms with E-state index in [2.05, 4.69) is 15.0 Å². The van der Waals surface area contributed by atoms with E-state index in [0.29, 0.717) is 6.42 Å². The molecule has 0 aromatic carbocycles. The largest absolute Gasteiger partial charge is 0.353 e. The number of rotatable bonds is 7. The van der Waals surface area contributed by atoms with Crippen molar-refractivity contribution in [2.24, 2.45) is 0 Å². The van der Waals surface area contributed by atoms with Gasteiger partial charge < -0.3 is 5.32 Å². The smallest absolute Gasteiger partial charge is 0.221 e. The molecule has 6 nitrogen and oxygen atoms in total. The van der Waals surface area contributed by atoms with Crippen LogP contribution in [0.5, 0.6) is 0 Å². The Kier molecular flexibility index (Phi) is 6.09. The lowest BCUT2D eigenvalue weighted by molar-refractivity contribution is -0.121. The zero-order chi connectivity index (χ0) is 15.2. The Bertz CT molecular complexity index is 558. The average Bonchev–Trinajstić information content (AvgIpc) is 2.26. The molecule has 7 heteroatoms. The van der Waals surface area contributed by atoms with Gasteiger partial charge in [-0.15, -0.1) is 0 Å². The fourth-order valence-corrected chi connectivity index (χ4v) is 2.25. The molecule has 0 aliphatic heterocycles. The summed E-state index contributed by atoms with van der Waals surface area (Å²) in [5, 5.41) is 2.82. The van der Waals surface area contributed by atoms with E-state index >= 15 is 0 Å². The first-order chi connectivity index (χ1) is 9.26. The van der Waals surface area contributed by atoms with Gasteiger partial charge in [-0.2, -0.15) is 0 Å². The first-order valence-electron chi connectivity index (χ1n) is 6.43. The molecule has 0 saturated carbocycles. The summed E-state index contributed by atoms with van der Waals surface area (Å²) < 4.78 is 24.0. The van der Waals surface area contributed by atoms with E-state index in [9.17, 15) is 13.2 Å². The van der Waals surface area contributed by atoms with Gasteiger partial charge in [0.2, 0.25) is 15.9 Å². The van der Waals surface area contributed by atoms with E-state index in [1.807, 2.05) is 32.0 Å². The van der Waals surface area contributed by atoms with E-state index in [1.165, 1.54) is 0 Å². The number of amides is 1. The van der Waals surface area contributed by atoms with Crippen LogP contribution in [0.2, 0.25) is 0 Å². The van der Waals surface area contributed by atoms with Gasteiger partial charge in [0.05, 0.1) is 6.26 Å². The van der Waals surface area contributed by atoms with Crippen molar-refractivity contribution in [1.82, 2.24) is 15.0 Å². The predicted octanol–water partition coefficient (Wildman–Crippen LogP) is 0.377. The van der Waals surface area contributed by atoms with Crippen LogP contribution in [0.25, 0.3) is 0 Å². The van der Waals surface area contributed by atoms with Crippen LogP contribution in [0.1, 0.15) is 24.7 Å². The summed E-state index contributed by atoms with van der Waals surface area (Å²) in [6.07, 6.45) is 1.84. The minimum Gasteiger partial charge on any atom is -0.353 e. The molecule has 1 atom stereocenters. The van der Waals surface area contributed by atoms with Gasteiger partial charge in [0.1, 0.15) is 0 Å². The van der Waals surface area contributed by atoms with Crippen molar-refractivity contribution in [3.8, 4) is 0 Å². The molecule has 0 radical (unpaired) electrons. The molecule has 20 heavy (non-hydrogen) atoms. The highest BCUT2D eigenvalue weighted by Gasteiger charge is 2.10. The number of sulfonamides is 1. The first kappa shape index (κ1) is 16.6. The second-order valence-electron chi connectivity index (χ2n) is 4.86. The van der Waals surface area contributed by atoms with Crippen LogP contribution >= 0.6 is 0 Å². The van der Waals surface area contributed by atoms with Crippen LogP contribution < -0.4 is 10.0 Å². The fraction of sp³-hybridized carbons (Fsp3) is 0.538. The van der Waals surface area contributed by atoms with Crippen LogP contribution in [0, 0.1) is 6.92 Å². The summed E-state index contributed by atoms with van der Waals surface area (Å²) in [7, 11) is -3.24. The number of carbonyl (C=O) groups is 1. The van der Waals surface area contributed by atoms with Gasteiger partial charge in [-0.25, -0.2) is 13.1 Å². The van der Waals surface area contributed by atoms with Crippen molar-refractivity contribution >= 4 is 15.9 Å². The van der Waals surface area contributed by atoms with Gasteiger partial charge in [-0.05, 0) is 26.0 Å². The third-order valence-corrected chi connectivity index (χ3v) is 3.31. The summed E-state index contributed by atoms with van der Waals surface area (Å²) in [5.74, 6) is -0.179. The van der Waals surface area contributed by atoms with Gasteiger partial charge >= 0.3 is 0 Å². The zero-order valence-electron chi connectivity index (χ0n) is 12.0. The van der Waals surface area contributed by atoms with Crippen LogP contribution in [0.3, 0.4) is 0 Å². The van der Waals surface area contributed by atoms with Crippen LogP contribution in [0.15, 0.2) is 18.2 Å². The Labute approximate surface area is 120 Å². The highest BCUT2D eigenvalue weighted by atomic mass is 32.2. The predicted molar refractivity (Wildman–Crippen MR) is 77.7 cm³/mol. The molecule has 0 aliphatic rings. The van der Waals surface area contributed by atoms with Crippen molar-refractivity contribution in [1.29, 1.82) is 0 Å². The molecule has 1 aromatic rings. The summed E-state index contributed by atoms with van der Waals surface area (Å²) in [5.41, 5.74) is 1.87. The van der Waals surface area contributed by atoms with E-state index < -0.39 is 10.0 Å². The van der Waals surface area contributed by atoms with Crippen molar-refractivity contribution in [3.63, 3.8) is 0 Å². The number of nitrogens with one attached hydrogen (secondary N) is 2. The Morgan fingerprint density at radius 3 is 2.70 bits per heavy atom. The number of hydrogen-bond donors (Lipinski definition) is 2. The molecule has 1 rings (SSSR count). The van der Waals surface area contributed by atoms with Gasteiger partial charge in [-0.3, -0.25) is 9.78 Å². The maximum Gasteiger partial charge on any atom is 0.221 e. The number of hydrogen-bond acceptors (Lipinski definition) is 4. The average molecular weight is 299 g/mol. The van der Waals surface area contributed by atoms with Gasteiger partial charge in [0.25, 0.3) is 0 Å². The highest BCUT2D eigenvalue weighted by molar-refractivity contribution is 7.88. The molecule has 0 fully saturated rings. The van der Waals surface area contributed by atoms with Crippen molar-refractivity contribution < 1.29 is 13.2 Å². The minimum atomic E-state index is -3.24. The number of aromatic nitrogens is 1. The second-order valence-corrected chi connectivity index (χ2v) is 6.69. The molecule has 1 aromatic heterocycles. The molecule has 0 spiro atoms. The Morgan fingerprint density at radius 1 is 1.40 bits per heavy atom. The second kappa shape index (κ2) is 7.35. The van der Waals surface area contributed by atoms with Crippen molar-refractivity contribution in [3.05, 3.63) is 29.6 Å². The lowest BCUT2D eigenvalue weighted by atomic mass is 10.1. The molecular weight excluding hydrogens is 278 g/mol. The molecular formula is C13H21N3O3S. The number of aryl methyl sites for hydroxylation is 1. The Hall–Kier alpha value is -1.47. The van der Waals surface area contributed by atoms with E-state index in [0.717, 1.165) is 17.6 Å². The lowest BCUT2D eigenvalue weighted by Crippen LogP contribution is -2.36. The summed E-state index contributed by atoms with van der Waals surface area (Å²) >= 11 is 0. The molecule has 1 heterocycles. The summed E-state index contributed by atoms with van der Waals surface area (Å²) in [6.45, 7) is 3.93. The van der Waals surface area contributed by atoms with Crippen LogP contribution in [0.4, 0.5) is 0 Å². The van der Waals surface area contributed by atoms with E-state index in [1.54, 1.807) is 0 Å². The zero-order valence-corrected chi connectivity index (χ0v) is 12.8. The van der Waals surface area contributed by atoms with Gasteiger partial charge in [-0.1, -0.05) is 6.07 Å². The molecule has 0 unspecified atom stereocenters.